The van der Waals surface area contributed by atoms with Crippen molar-refractivity contribution in [2.75, 3.05) is 23.7 Å². The Morgan fingerprint density at radius 3 is 2.48 bits per heavy atom. The van der Waals surface area contributed by atoms with Crippen LogP contribution in [0.2, 0.25) is 0 Å². The van der Waals surface area contributed by atoms with E-state index in [1.807, 2.05) is 25.1 Å². The summed E-state index contributed by atoms with van der Waals surface area (Å²) in [4.78, 5) is 39.1. The number of likely N-dealkylation sites (tertiary alicyclic amines) is 1. The summed E-state index contributed by atoms with van der Waals surface area (Å²) in [5, 5.41) is 5.88. The number of unbranched alkanes of at least 4 members (excludes halogenated alkanes) is 1. The van der Waals surface area contributed by atoms with Crippen molar-refractivity contribution in [2.24, 2.45) is 5.92 Å². The highest BCUT2D eigenvalue weighted by atomic mass is 16.2. The number of rotatable bonds is 8. The summed E-state index contributed by atoms with van der Waals surface area (Å²) in [5.41, 5.74) is 4.11. The maximum absolute atomic E-state index is 12.7. The molecule has 0 unspecified atom stereocenters. The molecule has 0 saturated carbocycles. The minimum Gasteiger partial charge on any atom is -0.342 e. The average Bonchev–Trinajstić information content (AvgIpc) is 3.14. The Labute approximate surface area is 184 Å². The smallest absolute Gasteiger partial charge is 0.255 e. The summed E-state index contributed by atoms with van der Waals surface area (Å²) in [6, 6.07) is 12.8. The normalized spacial score (nSPS) is 15.8. The highest BCUT2D eigenvalue weighted by molar-refractivity contribution is 6.05. The van der Waals surface area contributed by atoms with Crippen LogP contribution in [0, 0.1) is 12.8 Å². The fourth-order valence-electron chi connectivity index (χ4n) is 3.85. The van der Waals surface area contributed by atoms with Gasteiger partial charge in [-0.05, 0) is 55.2 Å². The van der Waals surface area contributed by atoms with Crippen molar-refractivity contribution in [1.29, 1.82) is 0 Å². The number of amides is 3. The third kappa shape index (κ3) is 5.51. The lowest BCUT2D eigenvalue weighted by molar-refractivity contribution is -0.128. The van der Waals surface area contributed by atoms with E-state index >= 15 is 0 Å². The highest BCUT2D eigenvalue weighted by Gasteiger charge is 2.33. The van der Waals surface area contributed by atoms with Crippen LogP contribution in [-0.4, -0.2) is 35.7 Å². The van der Waals surface area contributed by atoms with Gasteiger partial charge in [-0.3, -0.25) is 14.4 Å². The number of carbonyl (C=O) groups excluding carboxylic acids is 3. The zero-order valence-corrected chi connectivity index (χ0v) is 18.5. The second-order valence-corrected chi connectivity index (χ2v) is 8.08. The standard InChI is InChI=1S/C25H31N3O3/c1-4-6-14-28-16-20(15-22(28)29)25(31)26-21-12-10-19(11-13-21)24(30)27-23-17(3)8-7-9-18(23)5-2/h7-13,20H,4-6,14-16H2,1-3H3,(H,26,31)(H,27,30)/t20-/m0/s1. The molecule has 1 aliphatic rings. The van der Waals surface area contributed by atoms with Gasteiger partial charge in [-0.2, -0.15) is 0 Å². The molecule has 1 aliphatic heterocycles. The lowest BCUT2D eigenvalue weighted by Gasteiger charge is -2.16. The molecule has 6 nitrogen and oxygen atoms in total. The van der Waals surface area contributed by atoms with Crippen molar-refractivity contribution in [3.05, 3.63) is 59.2 Å². The second-order valence-electron chi connectivity index (χ2n) is 8.08. The van der Waals surface area contributed by atoms with E-state index in [4.69, 9.17) is 0 Å². The first-order chi connectivity index (χ1) is 14.9. The Balaban J connectivity index is 1.60. The molecule has 2 aromatic rings. The number of nitrogens with one attached hydrogen (secondary N) is 2. The molecule has 3 rings (SSSR count). The van der Waals surface area contributed by atoms with Gasteiger partial charge in [-0.25, -0.2) is 0 Å². The maximum Gasteiger partial charge on any atom is 0.255 e. The van der Waals surface area contributed by atoms with E-state index < -0.39 is 0 Å². The summed E-state index contributed by atoms with van der Waals surface area (Å²) < 4.78 is 0. The van der Waals surface area contributed by atoms with Gasteiger partial charge in [-0.1, -0.05) is 38.5 Å². The Bertz CT molecular complexity index is 953. The number of aryl methyl sites for hydroxylation is 2. The van der Waals surface area contributed by atoms with E-state index in [0.29, 0.717) is 24.3 Å². The van der Waals surface area contributed by atoms with Crippen LogP contribution in [0.3, 0.4) is 0 Å². The summed E-state index contributed by atoms with van der Waals surface area (Å²) >= 11 is 0. The molecular formula is C25H31N3O3. The molecule has 1 atom stereocenters. The van der Waals surface area contributed by atoms with Crippen molar-refractivity contribution in [3.8, 4) is 0 Å². The predicted molar refractivity (Wildman–Crippen MR) is 123 cm³/mol. The molecule has 0 radical (unpaired) electrons. The topological polar surface area (TPSA) is 78.5 Å². The van der Waals surface area contributed by atoms with Gasteiger partial charge in [0, 0.05) is 36.4 Å². The van der Waals surface area contributed by atoms with Crippen molar-refractivity contribution in [1.82, 2.24) is 4.90 Å². The molecule has 0 aliphatic carbocycles. The molecule has 6 heteroatoms. The molecule has 2 aromatic carbocycles. The maximum atomic E-state index is 12.7. The van der Waals surface area contributed by atoms with E-state index in [9.17, 15) is 14.4 Å². The van der Waals surface area contributed by atoms with Crippen molar-refractivity contribution < 1.29 is 14.4 Å². The quantitative estimate of drug-likeness (QED) is 0.663. The second kappa shape index (κ2) is 10.2. The molecule has 0 spiro atoms. The number of hydrogen-bond acceptors (Lipinski definition) is 3. The Kier molecular flexibility index (Phi) is 7.45. The Morgan fingerprint density at radius 2 is 1.81 bits per heavy atom. The average molecular weight is 422 g/mol. The summed E-state index contributed by atoms with van der Waals surface area (Å²) in [6.45, 7) is 7.30. The van der Waals surface area contributed by atoms with Gasteiger partial charge in [0.25, 0.3) is 5.91 Å². The first kappa shape index (κ1) is 22.5. The van der Waals surface area contributed by atoms with Crippen LogP contribution < -0.4 is 10.6 Å². The van der Waals surface area contributed by atoms with E-state index in [1.54, 1.807) is 29.2 Å². The molecule has 3 amide bonds. The fourth-order valence-corrected chi connectivity index (χ4v) is 3.85. The molecule has 1 fully saturated rings. The number of hydrogen-bond donors (Lipinski definition) is 2. The number of carbonyl (C=O) groups is 3. The van der Waals surface area contributed by atoms with E-state index in [0.717, 1.165) is 36.1 Å². The number of para-hydroxylation sites is 1. The Hall–Kier alpha value is -3.15. The molecule has 0 aromatic heterocycles. The van der Waals surface area contributed by atoms with Crippen molar-refractivity contribution in [2.45, 2.75) is 46.5 Å². The molecule has 1 heterocycles. The monoisotopic (exact) mass is 421 g/mol. The molecule has 164 valence electrons. The molecule has 31 heavy (non-hydrogen) atoms. The molecular weight excluding hydrogens is 390 g/mol. The number of anilines is 2. The minimum absolute atomic E-state index is 0.0447. The fraction of sp³-hybridized carbons (Fsp3) is 0.400. The molecule has 2 N–H and O–H groups in total. The van der Waals surface area contributed by atoms with E-state index in [1.165, 1.54) is 0 Å². The van der Waals surface area contributed by atoms with Gasteiger partial charge in [-0.15, -0.1) is 0 Å². The number of nitrogens with zero attached hydrogens (tertiary/aromatic N) is 1. The van der Waals surface area contributed by atoms with Gasteiger partial charge in [0.2, 0.25) is 11.8 Å². The first-order valence-electron chi connectivity index (χ1n) is 11.0. The van der Waals surface area contributed by atoms with E-state index in [2.05, 4.69) is 24.5 Å². The summed E-state index contributed by atoms with van der Waals surface area (Å²) in [7, 11) is 0. The van der Waals surface area contributed by atoms with Crippen molar-refractivity contribution >= 4 is 29.1 Å². The number of benzene rings is 2. The largest absolute Gasteiger partial charge is 0.342 e. The van der Waals surface area contributed by atoms with E-state index in [-0.39, 0.29) is 30.1 Å². The SMILES string of the molecule is CCCCN1C[C@@H](C(=O)Nc2ccc(C(=O)Nc3c(C)cccc3CC)cc2)CC1=O. The zero-order valence-electron chi connectivity index (χ0n) is 18.5. The summed E-state index contributed by atoms with van der Waals surface area (Å²) in [5.74, 6) is -0.629. The third-order valence-corrected chi connectivity index (χ3v) is 5.76. The van der Waals surface area contributed by atoms with Crippen LogP contribution in [0.4, 0.5) is 11.4 Å². The zero-order chi connectivity index (χ0) is 22.4. The van der Waals surface area contributed by atoms with Crippen LogP contribution in [0.1, 0.15) is 54.6 Å². The predicted octanol–water partition coefficient (Wildman–Crippen LogP) is 4.40. The van der Waals surface area contributed by atoms with Crippen molar-refractivity contribution in [3.63, 3.8) is 0 Å². The lowest BCUT2D eigenvalue weighted by Crippen LogP contribution is -2.29. The van der Waals surface area contributed by atoms with Crippen LogP contribution in [0.15, 0.2) is 42.5 Å². The molecule has 1 saturated heterocycles. The molecule has 0 bridgehead atoms. The van der Waals surface area contributed by atoms with Crippen LogP contribution in [0.5, 0.6) is 0 Å². The highest BCUT2D eigenvalue weighted by Crippen LogP contribution is 2.23. The van der Waals surface area contributed by atoms with Crippen LogP contribution in [-0.2, 0) is 16.0 Å². The lowest BCUT2D eigenvalue weighted by atomic mass is 10.1. The third-order valence-electron chi connectivity index (χ3n) is 5.76. The van der Waals surface area contributed by atoms with Gasteiger partial charge < -0.3 is 15.5 Å². The van der Waals surface area contributed by atoms with Gasteiger partial charge in [0.1, 0.15) is 0 Å². The van der Waals surface area contributed by atoms with Crippen LogP contribution >= 0.6 is 0 Å². The van der Waals surface area contributed by atoms with Gasteiger partial charge in [0.05, 0.1) is 5.92 Å². The minimum atomic E-state index is -0.333. The first-order valence-corrected chi connectivity index (χ1v) is 11.0. The van der Waals surface area contributed by atoms with Gasteiger partial charge >= 0.3 is 0 Å². The van der Waals surface area contributed by atoms with Crippen LogP contribution in [0.25, 0.3) is 0 Å². The summed E-state index contributed by atoms with van der Waals surface area (Å²) in [6.07, 6.45) is 3.06. The van der Waals surface area contributed by atoms with Gasteiger partial charge in [0.15, 0.2) is 0 Å². The Morgan fingerprint density at radius 1 is 1.06 bits per heavy atom.